The van der Waals surface area contributed by atoms with Crippen molar-refractivity contribution in [3.05, 3.63) is 23.1 Å². The Bertz CT molecular complexity index is 414. The number of anilines is 1. The lowest BCUT2D eigenvalue weighted by Gasteiger charge is -1.92. The lowest BCUT2D eigenvalue weighted by molar-refractivity contribution is 0.434. The number of hydrogen-bond acceptors (Lipinski definition) is 5. The van der Waals surface area contributed by atoms with Crippen molar-refractivity contribution in [1.82, 2.24) is 15.1 Å². The Morgan fingerprint density at radius 2 is 2.31 bits per heavy atom. The summed E-state index contributed by atoms with van der Waals surface area (Å²) in [7, 11) is 0. The Labute approximate surface area is 82.1 Å². The average molecular weight is 241 g/mol. The zero-order valence-electron chi connectivity index (χ0n) is 6.44. The van der Waals surface area contributed by atoms with Crippen LogP contribution >= 0.6 is 15.9 Å². The normalized spacial score (nSPS) is 10.2. The SMILES string of the molecule is Nc1noc(-c2ccncn2)c1Br. The van der Waals surface area contributed by atoms with Gasteiger partial charge in [0.15, 0.2) is 5.82 Å². The molecule has 0 fully saturated rings. The fourth-order valence-corrected chi connectivity index (χ4v) is 1.22. The van der Waals surface area contributed by atoms with E-state index in [0.29, 0.717) is 21.7 Å². The molecule has 6 heteroatoms. The van der Waals surface area contributed by atoms with E-state index in [1.807, 2.05) is 0 Å². The molecule has 0 unspecified atom stereocenters. The monoisotopic (exact) mass is 240 g/mol. The molecule has 2 aromatic rings. The second kappa shape index (κ2) is 3.14. The summed E-state index contributed by atoms with van der Waals surface area (Å²) in [6.45, 7) is 0. The Morgan fingerprint density at radius 1 is 1.46 bits per heavy atom. The minimum Gasteiger partial charge on any atom is -0.380 e. The Balaban J connectivity index is 2.53. The molecule has 0 spiro atoms. The highest BCUT2D eigenvalue weighted by Gasteiger charge is 2.13. The van der Waals surface area contributed by atoms with Crippen LogP contribution in [0.1, 0.15) is 0 Å². The standard InChI is InChI=1S/C7H5BrN4O/c8-5-6(13-12-7(5)9)4-1-2-10-3-11-4/h1-3H,(H2,9,12). The van der Waals surface area contributed by atoms with Gasteiger partial charge in [0.25, 0.3) is 0 Å². The molecule has 2 N–H and O–H groups in total. The third-order valence-electron chi connectivity index (χ3n) is 1.47. The van der Waals surface area contributed by atoms with Gasteiger partial charge in [0, 0.05) is 6.20 Å². The molecule has 0 bridgehead atoms. The molecular formula is C7H5BrN4O. The lowest BCUT2D eigenvalue weighted by atomic mass is 10.3. The molecule has 0 aliphatic heterocycles. The van der Waals surface area contributed by atoms with Gasteiger partial charge < -0.3 is 10.3 Å². The van der Waals surface area contributed by atoms with Gasteiger partial charge in [-0.2, -0.15) is 0 Å². The second-order valence-electron chi connectivity index (χ2n) is 2.31. The van der Waals surface area contributed by atoms with Crippen LogP contribution in [0.4, 0.5) is 5.82 Å². The number of halogens is 1. The van der Waals surface area contributed by atoms with E-state index in [1.165, 1.54) is 6.33 Å². The van der Waals surface area contributed by atoms with Crippen LogP contribution in [0.15, 0.2) is 27.6 Å². The zero-order chi connectivity index (χ0) is 9.26. The Kier molecular flexibility index (Phi) is 1.97. The summed E-state index contributed by atoms with van der Waals surface area (Å²) in [5, 5.41) is 3.59. The number of rotatable bonds is 1. The van der Waals surface area contributed by atoms with Crippen LogP contribution in [0.25, 0.3) is 11.5 Å². The van der Waals surface area contributed by atoms with Crippen molar-refractivity contribution in [2.45, 2.75) is 0 Å². The van der Waals surface area contributed by atoms with Gasteiger partial charge in [-0.3, -0.25) is 0 Å². The fraction of sp³-hybridized carbons (Fsp3) is 0. The van der Waals surface area contributed by atoms with Crippen LogP contribution in [0.2, 0.25) is 0 Å². The smallest absolute Gasteiger partial charge is 0.201 e. The molecule has 2 heterocycles. The third-order valence-corrected chi connectivity index (χ3v) is 2.24. The fourth-order valence-electron chi connectivity index (χ4n) is 0.875. The van der Waals surface area contributed by atoms with Crippen molar-refractivity contribution in [2.24, 2.45) is 0 Å². The van der Waals surface area contributed by atoms with Crippen molar-refractivity contribution < 1.29 is 4.52 Å². The maximum absolute atomic E-state index is 5.48. The van der Waals surface area contributed by atoms with Gasteiger partial charge in [-0.1, -0.05) is 5.16 Å². The maximum Gasteiger partial charge on any atom is 0.201 e. The zero-order valence-corrected chi connectivity index (χ0v) is 8.02. The Hall–Kier alpha value is -1.43. The molecule has 0 saturated heterocycles. The van der Waals surface area contributed by atoms with Gasteiger partial charge in [0.1, 0.15) is 16.5 Å². The Morgan fingerprint density at radius 3 is 2.85 bits per heavy atom. The van der Waals surface area contributed by atoms with E-state index in [2.05, 4.69) is 31.1 Å². The van der Waals surface area contributed by atoms with Crippen LogP contribution in [-0.4, -0.2) is 15.1 Å². The predicted molar refractivity (Wildman–Crippen MR) is 49.6 cm³/mol. The number of aromatic nitrogens is 3. The molecule has 13 heavy (non-hydrogen) atoms. The lowest BCUT2D eigenvalue weighted by Crippen LogP contribution is -1.84. The molecule has 66 valence electrons. The summed E-state index contributed by atoms with van der Waals surface area (Å²) in [6.07, 6.45) is 3.05. The van der Waals surface area contributed by atoms with Crippen LogP contribution in [0, 0.1) is 0 Å². The molecule has 0 aliphatic rings. The molecular weight excluding hydrogens is 236 g/mol. The predicted octanol–water partition coefficient (Wildman–Crippen LogP) is 1.48. The number of nitrogens with zero attached hydrogens (tertiary/aromatic N) is 3. The number of hydrogen-bond donors (Lipinski definition) is 1. The number of nitrogen functional groups attached to an aromatic ring is 1. The van der Waals surface area contributed by atoms with E-state index < -0.39 is 0 Å². The van der Waals surface area contributed by atoms with Crippen LogP contribution in [-0.2, 0) is 0 Å². The second-order valence-corrected chi connectivity index (χ2v) is 3.10. The molecule has 0 aliphatic carbocycles. The highest BCUT2D eigenvalue weighted by molar-refractivity contribution is 9.10. The minimum absolute atomic E-state index is 0.314. The summed E-state index contributed by atoms with van der Waals surface area (Å²) in [5.74, 6) is 0.827. The topological polar surface area (TPSA) is 77.8 Å². The van der Waals surface area contributed by atoms with E-state index in [4.69, 9.17) is 10.3 Å². The van der Waals surface area contributed by atoms with Gasteiger partial charge >= 0.3 is 0 Å². The first-order valence-corrected chi connectivity index (χ1v) is 4.25. The summed E-state index contributed by atoms with van der Waals surface area (Å²) in [4.78, 5) is 7.78. The summed E-state index contributed by atoms with van der Waals surface area (Å²) in [5.41, 5.74) is 6.13. The highest BCUT2D eigenvalue weighted by atomic mass is 79.9. The summed E-state index contributed by atoms with van der Waals surface area (Å²) < 4.78 is 5.59. The first kappa shape index (κ1) is 8.18. The summed E-state index contributed by atoms with van der Waals surface area (Å²) in [6, 6.07) is 1.71. The van der Waals surface area contributed by atoms with Crippen LogP contribution < -0.4 is 5.73 Å². The first-order chi connectivity index (χ1) is 6.29. The van der Waals surface area contributed by atoms with Crippen molar-refractivity contribution in [3.8, 4) is 11.5 Å². The highest BCUT2D eigenvalue weighted by Crippen LogP contribution is 2.30. The van der Waals surface area contributed by atoms with Crippen molar-refractivity contribution in [3.63, 3.8) is 0 Å². The minimum atomic E-state index is 0.314. The van der Waals surface area contributed by atoms with Crippen molar-refractivity contribution >= 4 is 21.7 Å². The molecule has 2 rings (SSSR count). The largest absolute Gasteiger partial charge is 0.380 e. The van der Waals surface area contributed by atoms with Gasteiger partial charge in [-0.25, -0.2) is 9.97 Å². The van der Waals surface area contributed by atoms with Gasteiger partial charge in [-0.05, 0) is 22.0 Å². The molecule has 0 radical (unpaired) electrons. The molecule has 0 amide bonds. The quantitative estimate of drug-likeness (QED) is 0.817. The van der Waals surface area contributed by atoms with Gasteiger partial charge in [-0.15, -0.1) is 0 Å². The van der Waals surface area contributed by atoms with Crippen molar-refractivity contribution in [2.75, 3.05) is 5.73 Å². The van der Waals surface area contributed by atoms with E-state index in [9.17, 15) is 0 Å². The first-order valence-electron chi connectivity index (χ1n) is 3.46. The van der Waals surface area contributed by atoms with Crippen LogP contribution in [0.3, 0.4) is 0 Å². The third kappa shape index (κ3) is 1.40. The van der Waals surface area contributed by atoms with Gasteiger partial charge in [0.2, 0.25) is 5.76 Å². The van der Waals surface area contributed by atoms with E-state index >= 15 is 0 Å². The molecule has 5 nitrogen and oxygen atoms in total. The van der Waals surface area contributed by atoms with Crippen LogP contribution in [0.5, 0.6) is 0 Å². The van der Waals surface area contributed by atoms with E-state index in [1.54, 1.807) is 12.3 Å². The summed E-state index contributed by atoms with van der Waals surface area (Å²) >= 11 is 3.25. The average Bonchev–Trinajstić information content (AvgIpc) is 2.49. The van der Waals surface area contributed by atoms with Crippen molar-refractivity contribution in [1.29, 1.82) is 0 Å². The molecule has 0 aromatic carbocycles. The number of nitrogens with two attached hydrogens (primary N) is 1. The van der Waals surface area contributed by atoms with E-state index in [0.717, 1.165) is 0 Å². The maximum atomic E-state index is 5.48. The molecule has 0 saturated carbocycles. The van der Waals surface area contributed by atoms with E-state index in [-0.39, 0.29) is 0 Å². The molecule has 0 atom stereocenters. The molecule has 2 aromatic heterocycles. The van der Waals surface area contributed by atoms with Gasteiger partial charge in [0.05, 0.1) is 0 Å².